The number of aliphatic hydroxyl groups is 1. The van der Waals surface area contributed by atoms with Gasteiger partial charge < -0.3 is 15.2 Å². The Morgan fingerprint density at radius 1 is 1.53 bits per heavy atom. The van der Waals surface area contributed by atoms with Crippen molar-refractivity contribution in [2.24, 2.45) is 0 Å². The van der Waals surface area contributed by atoms with Crippen molar-refractivity contribution in [2.45, 2.75) is 44.2 Å². The van der Waals surface area contributed by atoms with E-state index in [0.717, 1.165) is 25.7 Å². The Balaban J connectivity index is 2.09. The smallest absolute Gasteiger partial charge is 0.125 e. The molecule has 2 rings (SSSR count). The molecule has 0 bridgehead atoms. The minimum atomic E-state index is -0.397. The third-order valence-corrected chi connectivity index (χ3v) is 3.70. The number of nitrogens with one attached hydrogen (secondary N) is 1. The Labute approximate surface area is 113 Å². The summed E-state index contributed by atoms with van der Waals surface area (Å²) < 4.78 is 18.9. The maximum absolute atomic E-state index is 13.2. The van der Waals surface area contributed by atoms with Gasteiger partial charge in [0, 0.05) is 12.3 Å². The van der Waals surface area contributed by atoms with Crippen molar-refractivity contribution in [3.8, 4) is 0 Å². The highest BCUT2D eigenvalue weighted by Gasteiger charge is 2.36. The van der Waals surface area contributed by atoms with Crippen LogP contribution in [0.1, 0.15) is 32.6 Å². The van der Waals surface area contributed by atoms with E-state index < -0.39 is 5.54 Å². The lowest BCUT2D eigenvalue weighted by atomic mass is 9.85. The molecule has 1 fully saturated rings. The van der Waals surface area contributed by atoms with Gasteiger partial charge in [0.05, 0.1) is 18.2 Å². The third-order valence-electron chi connectivity index (χ3n) is 3.70. The largest absolute Gasteiger partial charge is 0.394 e. The standard InChI is InChI=1S/C15H22FNO2/c1-2-4-14-10-15(11-18,7-8-19-14)17-13-6-3-5-12(16)9-13/h3,5-6,9,14,17-18H,2,4,7-8,10-11H2,1H3. The van der Waals surface area contributed by atoms with Crippen molar-refractivity contribution in [3.63, 3.8) is 0 Å². The average Bonchev–Trinajstić information content (AvgIpc) is 2.39. The van der Waals surface area contributed by atoms with Crippen LogP contribution in [-0.2, 0) is 4.74 Å². The highest BCUT2D eigenvalue weighted by atomic mass is 19.1. The van der Waals surface area contributed by atoms with Crippen LogP contribution in [0, 0.1) is 5.82 Å². The summed E-state index contributed by atoms with van der Waals surface area (Å²) in [6, 6.07) is 6.37. The normalized spacial score (nSPS) is 27.2. The monoisotopic (exact) mass is 267 g/mol. The molecule has 19 heavy (non-hydrogen) atoms. The van der Waals surface area contributed by atoms with Crippen LogP contribution in [0.3, 0.4) is 0 Å². The maximum Gasteiger partial charge on any atom is 0.125 e. The summed E-state index contributed by atoms with van der Waals surface area (Å²) in [5.41, 5.74) is 0.317. The second-order valence-electron chi connectivity index (χ2n) is 5.31. The van der Waals surface area contributed by atoms with Gasteiger partial charge in [0.25, 0.3) is 0 Å². The molecule has 1 aromatic carbocycles. The first-order valence-electron chi connectivity index (χ1n) is 6.94. The van der Waals surface area contributed by atoms with Crippen molar-refractivity contribution >= 4 is 5.69 Å². The summed E-state index contributed by atoms with van der Waals surface area (Å²) in [6.07, 6.45) is 3.72. The predicted octanol–water partition coefficient (Wildman–Crippen LogP) is 2.95. The number of aliphatic hydroxyl groups excluding tert-OH is 1. The van der Waals surface area contributed by atoms with Gasteiger partial charge in [-0.25, -0.2) is 4.39 Å². The summed E-state index contributed by atoms with van der Waals surface area (Å²) in [4.78, 5) is 0. The van der Waals surface area contributed by atoms with Crippen molar-refractivity contribution < 1.29 is 14.2 Å². The molecular formula is C15H22FNO2. The summed E-state index contributed by atoms with van der Waals surface area (Å²) in [5.74, 6) is -0.268. The Bertz CT molecular complexity index is 411. The van der Waals surface area contributed by atoms with E-state index >= 15 is 0 Å². The summed E-state index contributed by atoms with van der Waals surface area (Å²) in [7, 11) is 0. The number of hydrogen-bond donors (Lipinski definition) is 2. The van der Waals surface area contributed by atoms with Crippen molar-refractivity contribution in [1.29, 1.82) is 0 Å². The van der Waals surface area contributed by atoms with Gasteiger partial charge in [0.1, 0.15) is 5.82 Å². The molecule has 2 N–H and O–H groups in total. The van der Waals surface area contributed by atoms with E-state index in [1.54, 1.807) is 6.07 Å². The second kappa shape index (κ2) is 6.35. The molecule has 3 nitrogen and oxygen atoms in total. The quantitative estimate of drug-likeness (QED) is 0.862. The first-order valence-corrected chi connectivity index (χ1v) is 6.94. The summed E-state index contributed by atoms with van der Waals surface area (Å²) >= 11 is 0. The molecule has 106 valence electrons. The fourth-order valence-corrected chi connectivity index (χ4v) is 2.69. The molecule has 2 unspecified atom stereocenters. The van der Waals surface area contributed by atoms with Crippen LogP contribution < -0.4 is 5.32 Å². The lowest BCUT2D eigenvalue weighted by molar-refractivity contribution is -0.0299. The molecule has 1 heterocycles. The van der Waals surface area contributed by atoms with Crippen LogP contribution in [0.4, 0.5) is 10.1 Å². The van der Waals surface area contributed by atoms with Gasteiger partial charge in [-0.1, -0.05) is 19.4 Å². The molecule has 0 aliphatic carbocycles. The van der Waals surface area contributed by atoms with Crippen LogP contribution in [0.5, 0.6) is 0 Å². The highest BCUT2D eigenvalue weighted by molar-refractivity contribution is 5.46. The lowest BCUT2D eigenvalue weighted by Crippen LogP contribution is -2.49. The SMILES string of the molecule is CCCC1CC(CO)(Nc2cccc(F)c2)CCO1. The van der Waals surface area contributed by atoms with Gasteiger partial charge in [0.2, 0.25) is 0 Å². The molecule has 2 atom stereocenters. The number of rotatable bonds is 5. The van der Waals surface area contributed by atoms with E-state index in [0.29, 0.717) is 12.3 Å². The number of hydrogen-bond acceptors (Lipinski definition) is 3. The minimum Gasteiger partial charge on any atom is -0.394 e. The minimum absolute atomic E-state index is 0.0348. The predicted molar refractivity (Wildman–Crippen MR) is 73.7 cm³/mol. The van der Waals surface area contributed by atoms with Crippen molar-refractivity contribution in [2.75, 3.05) is 18.5 Å². The molecule has 0 spiro atoms. The first kappa shape index (κ1) is 14.3. The lowest BCUT2D eigenvalue weighted by Gasteiger charge is -2.41. The highest BCUT2D eigenvalue weighted by Crippen LogP contribution is 2.30. The Morgan fingerprint density at radius 3 is 3.05 bits per heavy atom. The van der Waals surface area contributed by atoms with E-state index in [4.69, 9.17) is 4.74 Å². The van der Waals surface area contributed by atoms with Gasteiger partial charge in [0.15, 0.2) is 0 Å². The van der Waals surface area contributed by atoms with E-state index in [1.165, 1.54) is 12.1 Å². The topological polar surface area (TPSA) is 41.5 Å². The van der Waals surface area contributed by atoms with Crippen LogP contribution in [0.25, 0.3) is 0 Å². The van der Waals surface area contributed by atoms with E-state index in [-0.39, 0.29) is 18.5 Å². The zero-order valence-corrected chi connectivity index (χ0v) is 11.4. The van der Waals surface area contributed by atoms with Gasteiger partial charge in [-0.3, -0.25) is 0 Å². The van der Waals surface area contributed by atoms with Gasteiger partial charge >= 0.3 is 0 Å². The molecule has 1 aliphatic heterocycles. The Hall–Kier alpha value is -1.13. The van der Waals surface area contributed by atoms with Gasteiger partial charge in [-0.2, -0.15) is 0 Å². The Kier molecular flexibility index (Phi) is 4.77. The van der Waals surface area contributed by atoms with E-state index in [2.05, 4.69) is 12.2 Å². The molecular weight excluding hydrogens is 245 g/mol. The molecule has 0 aromatic heterocycles. The van der Waals surface area contributed by atoms with Gasteiger partial charge in [-0.15, -0.1) is 0 Å². The summed E-state index contributed by atoms with van der Waals surface area (Å²) in [5, 5.41) is 13.0. The molecule has 0 radical (unpaired) electrons. The maximum atomic E-state index is 13.2. The fraction of sp³-hybridized carbons (Fsp3) is 0.600. The van der Waals surface area contributed by atoms with Crippen LogP contribution in [-0.4, -0.2) is 30.0 Å². The number of anilines is 1. The molecule has 0 saturated carbocycles. The number of halogens is 1. The van der Waals surface area contributed by atoms with E-state index in [9.17, 15) is 9.50 Å². The molecule has 1 aromatic rings. The molecule has 4 heteroatoms. The Morgan fingerprint density at radius 2 is 2.37 bits per heavy atom. The second-order valence-corrected chi connectivity index (χ2v) is 5.31. The van der Waals surface area contributed by atoms with Crippen LogP contribution in [0.15, 0.2) is 24.3 Å². The van der Waals surface area contributed by atoms with Gasteiger partial charge in [-0.05, 0) is 37.5 Å². The number of benzene rings is 1. The van der Waals surface area contributed by atoms with Crippen molar-refractivity contribution in [3.05, 3.63) is 30.1 Å². The van der Waals surface area contributed by atoms with Crippen LogP contribution >= 0.6 is 0 Å². The van der Waals surface area contributed by atoms with Crippen LogP contribution in [0.2, 0.25) is 0 Å². The molecule has 1 aliphatic rings. The zero-order chi connectivity index (χ0) is 13.7. The zero-order valence-electron chi connectivity index (χ0n) is 11.4. The number of ether oxygens (including phenoxy) is 1. The average molecular weight is 267 g/mol. The summed E-state index contributed by atoms with van der Waals surface area (Å²) in [6.45, 7) is 2.79. The van der Waals surface area contributed by atoms with Crippen molar-refractivity contribution in [1.82, 2.24) is 0 Å². The first-order chi connectivity index (χ1) is 9.17. The fourth-order valence-electron chi connectivity index (χ4n) is 2.69. The van der Waals surface area contributed by atoms with E-state index in [1.807, 2.05) is 6.07 Å². The third kappa shape index (κ3) is 3.67. The molecule has 0 amide bonds. The molecule has 1 saturated heterocycles.